The Kier molecular flexibility index (Phi) is 3.14. The highest BCUT2D eigenvalue weighted by atomic mass is 16.6. The van der Waals surface area contributed by atoms with E-state index in [1.165, 1.54) is 5.57 Å². The van der Waals surface area contributed by atoms with Crippen LogP contribution in [0.1, 0.15) is 33.6 Å². The molecule has 22 heavy (non-hydrogen) atoms. The maximum atomic E-state index is 10.5. The zero-order valence-corrected chi connectivity index (χ0v) is 14.2. The van der Waals surface area contributed by atoms with Crippen LogP contribution in [0, 0.1) is 35.5 Å². The van der Waals surface area contributed by atoms with Crippen LogP contribution in [0.25, 0.3) is 0 Å². The number of rotatable bonds is 4. The first kappa shape index (κ1) is 15.1. The predicted octanol–water partition coefficient (Wildman–Crippen LogP) is 2.41. The van der Waals surface area contributed by atoms with Crippen molar-refractivity contribution in [2.75, 3.05) is 20.1 Å². The topological polar surface area (TPSA) is 49.7 Å². The fourth-order valence-electron chi connectivity index (χ4n) is 5.97. The molecule has 0 aromatic rings. The Morgan fingerprint density at radius 2 is 2.09 bits per heavy atom. The minimum absolute atomic E-state index is 0.180. The summed E-state index contributed by atoms with van der Waals surface area (Å²) in [7, 11) is 1.94. The van der Waals surface area contributed by atoms with Crippen LogP contribution in [0.5, 0.6) is 0 Å². The van der Waals surface area contributed by atoms with E-state index in [1.807, 2.05) is 7.05 Å². The lowest BCUT2D eigenvalue weighted by molar-refractivity contribution is -1.10. The van der Waals surface area contributed by atoms with Crippen LogP contribution >= 0.6 is 0 Å². The molecular weight excluding hydrogens is 278 g/mol. The van der Waals surface area contributed by atoms with Gasteiger partial charge >= 0.3 is 0 Å². The lowest BCUT2D eigenvalue weighted by atomic mass is 9.36. The molecule has 0 bridgehead atoms. The molecule has 2 N–H and O–H groups in total. The third-order valence-electron chi connectivity index (χ3n) is 6.58. The molecule has 4 nitrogen and oxygen atoms in total. The number of aliphatic hydroxyl groups excluding tert-OH is 1. The van der Waals surface area contributed by atoms with Crippen LogP contribution in [-0.2, 0) is 4.74 Å². The molecule has 8 atom stereocenters. The first-order chi connectivity index (χ1) is 10.2. The van der Waals surface area contributed by atoms with Gasteiger partial charge in [-0.3, -0.25) is 0 Å². The Morgan fingerprint density at radius 3 is 2.77 bits per heavy atom. The Bertz CT molecular complexity index is 514. The van der Waals surface area contributed by atoms with E-state index < -0.39 is 6.29 Å². The summed E-state index contributed by atoms with van der Waals surface area (Å²) in [5.74, 6) is 3.84. The Balaban J connectivity index is 1.54. The molecule has 0 spiro atoms. The van der Waals surface area contributed by atoms with Gasteiger partial charge in [-0.25, -0.2) is 5.21 Å². The summed E-state index contributed by atoms with van der Waals surface area (Å²) in [5.41, 5.74) is 1.18. The van der Waals surface area contributed by atoms with Gasteiger partial charge in [-0.15, -0.1) is 0 Å². The van der Waals surface area contributed by atoms with E-state index in [2.05, 4.69) is 26.8 Å². The van der Waals surface area contributed by atoms with Crippen molar-refractivity contribution in [3.05, 3.63) is 11.6 Å². The molecule has 4 aliphatic rings. The summed E-state index contributed by atoms with van der Waals surface area (Å²) in [6.45, 7) is 8.09. The number of likely N-dealkylation sites (tertiary alicyclic amines) is 1. The number of piperidine rings is 1. The van der Waals surface area contributed by atoms with E-state index in [0.29, 0.717) is 30.1 Å². The average Bonchev–Trinajstić information content (AvgIpc) is 2.33. The largest absolute Gasteiger partial charge is 0.368 e. The van der Waals surface area contributed by atoms with Gasteiger partial charge in [0, 0.05) is 18.3 Å². The Labute approximate surface area is 133 Å². The molecule has 8 unspecified atom stereocenters. The Morgan fingerprint density at radius 1 is 1.36 bits per heavy atom. The van der Waals surface area contributed by atoms with Gasteiger partial charge in [0.1, 0.15) is 13.1 Å². The van der Waals surface area contributed by atoms with E-state index in [4.69, 9.17) is 4.74 Å². The van der Waals surface area contributed by atoms with Crippen molar-refractivity contribution in [2.24, 2.45) is 35.5 Å². The maximum Gasteiger partial charge on any atom is 0.155 e. The van der Waals surface area contributed by atoms with Crippen LogP contribution in [-0.4, -0.2) is 47.0 Å². The Hall–Kier alpha value is -0.420. The van der Waals surface area contributed by atoms with Crippen LogP contribution < -0.4 is 0 Å². The molecule has 2 saturated carbocycles. The smallest absolute Gasteiger partial charge is 0.155 e. The molecule has 0 radical (unpaired) electrons. The second-order valence-electron chi connectivity index (χ2n) is 9.10. The molecule has 3 aliphatic carbocycles. The van der Waals surface area contributed by atoms with Crippen molar-refractivity contribution >= 4 is 0 Å². The molecular formula is C18H30NO3+. The van der Waals surface area contributed by atoms with Crippen molar-refractivity contribution in [2.45, 2.75) is 45.5 Å². The minimum Gasteiger partial charge on any atom is -0.368 e. The fraction of sp³-hybridized carbons (Fsp3) is 0.889. The van der Waals surface area contributed by atoms with Gasteiger partial charge in [0.2, 0.25) is 0 Å². The van der Waals surface area contributed by atoms with E-state index >= 15 is 0 Å². The number of hydroxylamine groups is 3. The monoisotopic (exact) mass is 308 g/mol. The SMILES string of the molecule is CC(C)CC(O)OC1(C)C=C2C3C[N+](C)(O)CC4C(C1)C2C34. The van der Waals surface area contributed by atoms with Gasteiger partial charge in [-0.2, -0.15) is 4.65 Å². The highest BCUT2D eigenvalue weighted by Gasteiger charge is 2.71. The normalized spacial score (nSPS) is 53.2. The van der Waals surface area contributed by atoms with E-state index in [1.54, 1.807) is 0 Å². The second kappa shape index (κ2) is 4.56. The lowest BCUT2D eigenvalue weighted by Crippen LogP contribution is -2.74. The van der Waals surface area contributed by atoms with Gasteiger partial charge in [-0.05, 0) is 37.0 Å². The van der Waals surface area contributed by atoms with Crippen LogP contribution in [0.4, 0.5) is 0 Å². The summed E-state index contributed by atoms with van der Waals surface area (Å²) >= 11 is 0. The van der Waals surface area contributed by atoms with Gasteiger partial charge in [-0.1, -0.05) is 25.5 Å². The molecule has 1 saturated heterocycles. The summed E-state index contributed by atoms with van der Waals surface area (Å²) in [6.07, 6.45) is 3.30. The quantitative estimate of drug-likeness (QED) is 0.476. The maximum absolute atomic E-state index is 10.5. The van der Waals surface area contributed by atoms with Crippen molar-refractivity contribution < 1.29 is 19.7 Å². The van der Waals surface area contributed by atoms with E-state index in [9.17, 15) is 10.3 Å². The third kappa shape index (κ3) is 2.11. The zero-order valence-electron chi connectivity index (χ0n) is 14.2. The standard InChI is InChI=1S/C18H30NO3/c1-10(2)5-15(20)22-18(3)6-11-13-8-19(4,21)9-14-12(7-18)16(11)17(13)14/h6,10,12-17,20-21H,5,7-9H2,1-4H3/q+1. The number of fused-ring (bicyclic) bond motifs is 2. The van der Waals surface area contributed by atoms with Crippen LogP contribution in [0.3, 0.4) is 0 Å². The fourth-order valence-corrected chi connectivity index (χ4v) is 5.97. The molecule has 0 aromatic carbocycles. The molecule has 0 amide bonds. The van der Waals surface area contributed by atoms with Crippen molar-refractivity contribution in [1.82, 2.24) is 0 Å². The van der Waals surface area contributed by atoms with Crippen molar-refractivity contribution in [3.8, 4) is 0 Å². The number of hydrogen-bond acceptors (Lipinski definition) is 3. The summed E-state index contributed by atoms with van der Waals surface area (Å²) in [5, 5.41) is 20.7. The first-order valence-electron chi connectivity index (χ1n) is 8.85. The zero-order chi connectivity index (χ0) is 15.9. The van der Waals surface area contributed by atoms with Crippen LogP contribution in [0.2, 0.25) is 0 Å². The summed E-state index contributed by atoms with van der Waals surface area (Å²) < 4.78 is 6.25. The van der Waals surface area contributed by atoms with Gasteiger partial charge in [0.25, 0.3) is 0 Å². The number of hydrogen-bond donors (Lipinski definition) is 2. The number of quaternary nitrogens is 1. The van der Waals surface area contributed by atoms with Gasteiger partial charge < -0.3 is 9.84 Å². The molecule has 4 rings (SSSR count). The summed E-state index contributed by atoms with van der Waals surface area (Å²) in [4.78, 5) is 0. The first-order valence-corrected chi connectivity index (χ1v) is 8.85. The van der Waals surface area contributed by atoms with Gasteiger partial charge in [0.15, 0.2) is 6.29 Å². The number of ether oxygens (including phenoxy) is 1. The molecule has 3 fully saturated rings. The highest BCUT2D eigenvalue weighted by molar-refractivity contribution is 5.38. The minimum atomic E-state index is -0.673. The van der Waals surface area contributed by atoms with Crippen LogP contribution in [0.15, 0.2) is 11.6 Å². The summed E-state index contributed by atoms with van der Waals surface area (Å²) in [6, 6.07) is 0. The molecule has 0 aromatic heterocycles. The van der Waals surface area contributed by atoms with Crippen molar-refractivity contribution in [1.29, 1.82) is 0 Å². The molecule has 4 heteroatoms. The molecule has 1 aliphatic heterocycles. The molecule has 1 heterocycles. The average molecular weight is 308 g/mol. The van der Waals surface area contributed by atoms with E-state index in [-0.39, 0.29) is 10.2 Å². The molecule has 124 valence electrons. The van der Waals surface area contributed by atoms with Gasteiger partial charge in [0.05, 0.1) is 12.6 Å². The predicted molar refractivity (Wildman–Crippen MR) is 82.8 cm³/mol. The van der Waals surface area contributed by atoms with Crippen molar-refractivity contribution in [3.63, 3.8) is 0 Å². The third-order valence-corrected chi connectivity index (χ3v) is 6.58. The number of aliphatic hydroxyl groups is 1. The van der Waals surface area contributed by atoms with E-state index in [0.717, 1.165) is 31.3 Å². The number of nitrogens with zero attached hydrogens (tertiary/aromatic N) is 1. The highest BCUT2D eigenvalue weighted by Crippen LogP contribution is 2.71. The lowest BCUT2D eigenvalue weighted by Gasteiger charge is -2.71. The second-order valence-corrected chi connectivity index (χ2v) is 9.10.